The molecule has 1 aromatic heterocycles. The Labute approximate surface area is 203 Å². The number of amides is 1. The van der Waals surface area contributed by atoms with E-state index in [2.05, 4.69) is 4.98 Å². The van der Waals surface area contributed by atoms with E-state index in [1.165, 1.54) is 23.1 Å². The number of aromatic nitrogens is 1. The summed E-state index contributed by atoms with van der Waals surface area (Å²) in [7, 11) is 1.56. The molecule has 1 saturated heterocycles. The molecular weight excluding hydrogens is 447 g/mol. The van der Waals surface area contributed by atoms with Crippen LogP contribution in [0.3, 0.4) is 0 Å². The molecular formula is C28H27FN2O4. The first kappa shape index (κ1) is 24.1. The lowest BCUT2D eigenvalue weighted by atomic mass is 9.84. The summed E-state index contributed by atoms with van der Waals surface area (Å²) in [6, 6.07) is 13.4. The van der Waals surface area contributed by atoms with Gasteiger partial charge >= 0.3 is 0 Å². The summed E-state index contributed by atoms with van der Waals surface area (Å²) in [4.78, 5) is 31.7. The van der Waals surface area contributed by atoms with Crippen LogP contribution in [0.2, 0.25) is 0 Å². The maximum atomic E-state index is 15.0. The molecule has 0 saturated carbocycles. The Hall–Kier alpha value is -4.00. The molecule has 3 aromatic rings. The zero-order chi connectivity index (χ0) is 25.3. The lowest BCUT2D eigenvalue weighted by Gasteiger charge is -2.26. The predicted octanol–water partition coefficient (Wildman–Crippen LogP) is 5.15. The summed E-state index contributed by atoms with van der Waals surface area (Å²) in [6.45, 7) is 6.03. The second-order valence-electron chi connectivity index (χ2n) is 9.47. The number of nitrogens with zero attached hydrogens (tertiary/aromatic N) is 2. The van der Waals surface area contributed by atoms with Crippen LogP contribution in [0.15, 0.2) is 72.6 Å². The number of pyridine rings is 1. The van der Waals surface area contributed by atoms with E-state index in [4.69, 9.17) is 4.74 Å². The minimum atomic E-state index is -1.10. The van der Waals surface area contributed by atoms with Crippen molar-refractivity contribution in [2.75, 3.05) is 7.11 Å². The molecule has 180 valence electrons. The fraction of sp³-hybridized carbons (Fsp3) is 0.250. The summed E-state index contributed by atoms with van der Waals surface area (Å²) in [5, 5.41) is 11.4. The Balaban J connectivity index is 1.91. The van der Waals surface area contributed by atoms with Gasteiger partial charge in [-0.05, 0) is 41.3 Å². The molecule has 1 aliphatic heterocycles. The first-order valence-electron chi connectivity index (χ1n) is 11.2. The van der Waals surface area contributed by atoms with Crippen LogP contribution in [0.25, 0.3) is 5.76 Å². The topological polar surface area (TPSA) is 79.7 Å². The predicted molar refractivity (Wildman–Crippen MR) is 130 cm³/mol. The molecule has 4 rings (SSSR count). The summed E-state index contributed by atoms with van der Waals surface area (Å²) < 4.78 is 20.5. The van der Waals surface area contributed by atoms with Crippen molar-refractivity contribution in [2.45, 2.75) is 38.8 Å². The number of carbonyl (C=O) groups excluding carboxylic acids is 2. The first-order valence-corrected chi connectivity index (χ1v) is 11.2. The molecule has 6 nitrogen and oxygen atoms in total. The summed E-state index contributed by atoms with van der Waals surface area (Å²) in [5.74, 6) is -1.98. The average molecular weight is 475 g/mol. The van der Waals surface area contributed by atoms with Crippen molar-refractivity contribution in [3.05, 3.63) is 101 Å². The molecule has 35 heavy (non-hydrogen) atoms. The second-order valence-corrected chi connectivity index (χ2v) is 9.47. The lowest BCUT2D eigenvalue weighted by molar-refractivity contribution is -0.140. The van der Waals surface area contributed by atoms with Crippen LogP contribution in [-0.4, -0.2) is 33.8 Å². The molecule has 7 heteroatoms. The zero-order valence-corrected chi connectivity index (χ0v) is 20.1. The Bertz CT molecular complexity index is 1310. The van der Waals surface area contributed by atoms with Gasteiger partial charge in [-0.2, -0.15) is 0 Å². The molecule has 1 aliphatic rings. The van der Waals surface area contributed by atoms with E-state index < -0.39 is 23.5 Å². The van der Waals surface area contributed by atoms with E-state index in [9.17, 15) is 19.1 Å². The molecule has 0 radical (unpaired) electrons. The van der Waals surface area contributed by atoms with E-state index in [0.717, 1.165) is 5.56 Å². The third kappa shape index (κ3) is 4.54. The first-order chi connectivity index (χ1) is 16.6. The Kier molecular flexibility index (Phi) is 6.43. The van der Waals surface area contributed by atoms with E-state index in [0.29, 0.717) is 16.9 Å². The van der Waals surface area contributed by atoms with Gasteiger partial charge in [-0.3, -0.25) is 14.6 Å². The number of aliphatic hydroxyl groups excluding tert-OH is 1. The standard InChI is InChI=1S/C28H27FN2O4/c1-28(2,3)20-14-18(11-12-22(20)35-4)25(32)23-24(19-9-5-6-10-21(19)29)31(27(34)26(23)33)16-17-8-7-13-30-15-17/h5-15,24,32H,16H2,1-4H3/b25-23+. The number of halogens is 1. The molecule has 0 aliphatic carbocycles. The monoisotopic (exact) mass is 474 g/mol. The number of methoxy groups -OCH3 is 1. The van der Waals surface area contributed by atoms with Crippen LogP contribution in [0.4, 0.5) is 4.39 Å². The Morgan fingerprint density at radius 2 is 1.86 bits per heavy atom. The highest BCUT2D eigenvalue weighted by atomic mass is 19.1. The van der Waals surface area contributed by atoms with Gasteiger partial charge in [-0.15, -0.1) is 0 Å². The molecule has 2 aromatic carbocycles. The van der Waals surface area contributed by atoms with Crippen LogP contribution in [0, 0.1) is 5.82 Å². The SMILES string of the molecule is COc1ccc(/C(O)=C2\C(=O)C(=O)N(Cc3cccnc3)C2c2ccccc2F)cc1C(C)(C)C. The third-order valence-corrected chi connectivity index (χ3v) is 6.10. The molecule has 0 spiro atoms. The highest BCUT2D eigenvalue weighted by Gasteiger charge is 2.47. The fourth-order valence-corrected chi connectivity index (χ4v) is 4.35. The van der Waals surface area contributed by atoms with E-state index >= 15 is 0 Å². The van der Waals surface area contributed by atoms with Crippen molar-refractivity contribution < 1.29 is 23.8 Å². The van der Waals surface area contributed by atoms with Gasteiger partial charge in [0.15, 0.2) is 0 Å². The fourth-order valence-electron chi connectivity index (χ4n) is 4.35. The van der Waals surface area contributed by atoms with Gasteiger partial charge in [0.2, 0.25) is 0 Å². The number of ketones is 1. The average Bonchev–Trinajstić information content (AvgIpc) is 3.08. The number of rotatable bonds is 5. The minimum Gasteiger partial charge on any atom is -0.507 e. The van der Waals surface area contributed by atoms with E-state index in [1.54, 1.807) is 55.9 Å². The number of hydrogen-bond acceptors (Lipinski definition) is 5. The Morgan fingerprint density at radius 3 is 2.49 bits per heavy atom. The largest absolute Gasteiger partial charge is 0.507 e. The van der Waals surface area contributed by atoms with Gasteiger partial charge in [-0.1, -0.05) is 45.0 Å². The minimum absolute atomic E-state index is 0.0318. The van der Waals surface area contributed by atoms with Crippen molar-refractivity contribution in [1.82, 2.24) is 9.88 Å². The smallest absolute Gasteiger partial charge is 0.295 e. The number of carbonyl (C=O) groups is 2. The van der Waals surface area contributed by atoms with Gasteiger partial charge in [0.05, 0.1) is 18.7 Å². The number of Topliss-reactive ketones (excluding diaryl/α,β-unsaturated/α-hetero) is 1. The van der Waals surface area contributed by atoms with Gasteiger partial charge in [0.25, 0.3) is 11.7 Å². The molecule has 1 fully saturated rings. The van der Waals surface area contributed by atoms with Gasteiger partial charge in [-0.25, -0.2) is 4.39 Å². The van der Waals surface area contributed by atoms with Crippen LogP contribution in [0.1, 0.15) is 49.1 Å². The molecule has 1 atom stereocenters. The van der Waals surface area contributed by atoms with Gasteiger partial charge in [0, 0.05) is 35.6 Å². The molecule has 1 N–H and O–H groups in total. The number of benzene rings is 2. The maximum absolute atomic E-state index is 15.0. The van der Waals surface area contributed by atoms with Crippen molar-refractivity contribution in [3.63, 3.8) is 0 Å². The lowest BCUT2D eigenvalue weighted by Crippen LogP contribution is -2.29. The normalized spacial score (nSPS) is 17.6. The summed E-state index contributed by atoms with van der Waals surface area (Å²) in [6.07, 6.45) is 3.18. The van der Waals surface area contributed by atoms with Crippen molar-refractivity contribution in [3.8, 4) is 5.75 Å². The van der Waals surface area contributed by atoms with Crippen LogP contribution < -0.4 is 4.74 Å². The highest BCUT2D eigenvalue weighted by molar-refractivity contribution is 6.46. The Morgan fingerprint density at radius 1 is 1.11 bits per heavy atom. The van der Waals surface area contributed by atoms with Crippen LogP contribution in [0.5, 0.6) is 5.75 Å². The van der Waals surface area contributed by atoms with Gasteiger partial charge < -0.3 is 14.7 Å². The second kappa shape index (κ2) is 9.33. The van der Waals surface area contributed by atoms with E-state index in [-0.39, 0.29) is 28.9 Å². The highest BCUT2D eigenvalue weighted by Crippen LogP contribution is 2.42. The molecule has 1 amide bonds. The van der Waals surface area contributed by atoms with Gasteiger partial charge in [0.1, 0.15) is 17.3 Å². The molecule has 1 unspecified atom stereocenters. The maximum Gasteiger partial charge on any atom is 0.295 e. The number of hydrogen-bond donors (Lipinski definition) is 1. The zero-order valence-electron chi connectivity index (χ0n) is 20.1. The number of aliphatic hydroxyl groups is 1. The summed E-state index contributed by atoms with van der Waals surface area (Å²) in [5.41, 5.74) is 1.48. The van der Waals surface area contributed by atoms with E-state index in [1.807, 2.05) is 20.8 Å². The third-order valence-electron chi connectivity index (χ3n) is 6.10. The van der Waals surface area contributed by atoms with Crippen molar-refractivity contribution >= 4 is 17.4 Å². The number of ether oxygens (including phenoxy) is 1. The number of likely N-dealkylation sites (tertiary alicyclic amines) is 1. The van der Waals surface area contributed by atoms with Crippen molar-refractivity contribution in [1.29, 1.82) is 0 Å². The summed E-state index contributed by atoms with van der Waals surface area (Å²) >= 11 is 0. The van der Waals surface area contributed by atoms with Crippen LogP contribution >= 0.6 is 0 Å². The van der Waals surface area contributed by atoms with Crippen molar-refractivity contribution in [2.24, 2.45) is 0 Å². The van der Waals surface area contributed by atoms with Crippen LogP contribution in [-0.2, 0) is 21.5 Å². The molecule has 0 bridgehead atoms. The molecule has 2 heterocycles. The quantitative estimate of drug-likeness (QED) is 0.314.